The summed E-state index contributed by atoms with van der Waals surface area (Å²) in [5.41, 5.74) is 15.2. The predicted molar refractivity (Wildman–Crippen MR) is 129 cm³/mol. The van der Waals surface area contributed by atoms with E-state index in [4.69, 9.17) is 20.9 Å². The maximum absolute atomic E-state index is 5.89. The molecule has 2 aromatic heterocycles. The highest BCUT2D eigenvalue weighted by atomic mass is 32.1. The molecule has 2 aromatic carbocycles. The number of rotatable bonds is 10. The minimum absolute atomic E-state index is 0.572. The number of nitrogens with two attached hydrogens (primary N) is 2. The van der Waals surface area contributed by atoms with Crippen molar-refractivity contribution in [3.8, 4) is 34.0 Å². The second-order valence-electron chi connectivity index (χ2n) is 6.96. The van der Waals surface area contributed by atoms with Crippen molar-refractivity contribution >= 4 is 32.9 Å². The molecule has 160 valence electrons. The Kier molecular flexibility index (Phi) is 7.01. The molecule has 0 radical (unpaired) electrons. The van der Waals surface area contributed by atoms with Crippen LogP contribution in [0.15, 0.2) is 59.3 Å². The van der Waals surface area contributed by atoms with Crippen LogP contribution in [0, 0.1) is 0 Å². The van der Waals surface area contributed by atoms with E-state index >= 15 is 0 Å². The molecule has 0 unspecified atom stereocenters. The van der Waals surface area contributed by atoms with Crippen molar-refractivity contribution in [3.05, 3.63) is 59.3 Å². The summed E-state index contributed by atoms with van der Waals surface area (Å²) in [6.45, 7) is 1.34. The molecular weight excluding hydrogens is 428 g/mol. The van der Waals surface area contributed by atoms with Gasteiger partial charge in [-0.25, -0.2) is 9.97 Å². The molecule has 0 fully saturated rings. The second-order valence-corrected chi connectivity index (χ2v) is 8.73. The number of nitrogen functional groups attached to an aromatic ring is 2. The lowest BCUT2D eigenvalue weighted by atomic mass is 10.1. The zero-order valence-corrected chi connectivity index (χ0v) is 18.6. The first-order valence-corrected chi connectivity index (χ1v) is 11.8. The van der Waals surface area contributed by atoms with Crippen LogP contribution in [0.4, 0.5) is 10.3 Å². The van der Waals surface area contributed by atoms with Gasteiger partial charge in [-0.05, 0) is 43.5 Å². The average molecular weight is 453 g/mol. The molecule has 2 heterocycles. The predicted octanol–water partition coefficient (Wildman–Crippen LogP) is 5.73. The first-order valence-electron chi connectivity index (χ1n) is 10.1. The molecule has 0 spiro atoms. The smallest absolute Gasteiger partial charge is 0.180 e. The van der Waals surface area contributed by atoms with Crippen molar-refractivity contribution < 1.29 is 9.47 Å². The zero-order valence-electron chi connectivity index (χ0n) is 17.0. The van der Waals surface area contributed by atoms with Crippen LogP contribution in [-0.2, 0) is 0 Å². The van der Waals surface area contributed by atoms with E-state index in [1.165, 1.54) is 22.7 Å². The molecule has 0 aliphatic heterocycles. The lowest BCUT2D eigenvalue weighted by Crippen LogP contribution is -2.01. The zero-order chi connectivity index (χ0) is 21.5. The molecule has 31 heavy (non-hydrogen) atoms. The lowest BCUT2D eigenvalue weighted by Gasteiger charge is -2.09. The number of unbranched alkanes of at least 4 members (excludes halogenated alkanes) is 2. The van der Waals surface area contributed by atoms with Crippen molar-refractivity contribution in [1.82, 2.24) is 9.97 Å². The minimum atomic E-state index is 0.572. The Bertz CT molecular complexity index is 1040. The number of benzene rings is 2. The molecule has 0 atom stereocenters. The van der Waals surface area contributed by atoms with E-state index in [1.54, 1.807) is 0 Å². The topological polar surface area (TPSA) is 96.3 Å². The molecule has 4 aromatic rings. The molecule has 0 aliphatic rings. The summed E-state index contributed by atoms with van der Waals surface area (Å²) in [7, 11) is 0. The van der Waals surface area contributed by atoms with Crippen LogP contribution in [-0.4, -0.2) is 23.2 Å². The van der Waals surface area contributed by atoms with E-state index in [0.717, 1.165) is 53.3 Å². The Morgan fingerprint density at radius 2 is 1.16 bits per heavy atom. The van der Waals surface area contributed by atoms with E-state index in [2.05, 4.69) is 9.97 Å². The van der Waals surface area contributed by atoms with Crippen molar-refractivity contribution in [1.29, 1.82) is 0 Å². The van der Waals surface area contributed by atoms with Crippen LogP contribution in [0.25, 0.3) is 22.5 Å². The Labute approximate surface area is 189 Å². The van der Waals surface area contributed by atoms with Gasteiger partial charge in [-0.2, -0.15) is 0 Å². The van der Waals surface area contributed by atoms with E-state index in [1.807, 2.05) is 59.3 Å². The number of anilines is 2. The standard InChI is InChI=1S/C23H24N4O2S2/c24-22-26-20(14-30-22)16-6-4-8-18(12-16)28-10-2-1-3-11-29-19-9-5-7-17(13-19)21-15-31-23(25)27-21/h4-9,12-15H,1-3,10-11H2,(H2,24,26)(H2,25,27). The van der Waals surface area contributed by atoms with E-state index < -0.39 is 0 Å². The van der Waals surface area contributed by atoms with Crippen LogP contribution in [0.3, 0.4) is 0 Å². The van der Waals surface area contributed by atoms with E-state index in [9.17, 15) is 0 Å². The highest BCUT2D eigenvalue weighted by Gasteiger charge is 2.05. The molecule has 4 N–H and O–H groups in total. The third-order valence-corrected chi connectivity index (χ3v) is 5.98. The van der Waals surface area contributed by atoms with Crippen molar-refractivity contribution in [2.45, 2.75) is 19.3 Å². The van der Waals surface area contributed by atoms with Crippen molar-refractivity contribution in [2.24, 2.45) is 0 Å². The molecule has 0 aliphatic carbocycles. The molecule has 6 nitrogen and oxygen atoms in total. The fourth-order valence-corrected chi connectivity index (χ4v) is 4.24. The number of ether oxygens (including phenoxy) is 2. The van der Waals surface area contributed by atoms with Crippen molar-refractivity contribution in [2.75, 3.05) is 24.7 Å². The fraction of sp³-hybridized carbons (Fsp3) is 0.217. The van der Waals surface area contributed by atoms with Gasteiger partial charge in [0.25, 0.3) is 0 Å². The third kappa shape index (κ3) is 5.96. The second kappa shape index (κ2) is 10.3. The highest BCUT2D eigenvalue weighted by Crippen LogP contribution is 2.27. The number of nitrogens with zero attached hydrogens (tertiary/aromatic N) is 2. The fourth-order valence-electron chi connectivity index (χ4n) is 3.09. The van der Waals surface area contributed by atoms with Crippen LogP contribution >= 0.6 is 22.7 Å². The van der Waals surface area contributed by atoms with E-state index in [0.29, 0.717) is 23.5 Å². The monoisotopic (exact) mass is 452 g/mol. The number of aromatic nitrogens is 2. The lowest BCUT2D eigenvalue weighted by molar-refractivity contribution is 0.279. The summed E-state index contributed by atoms with van der Waals surface area (Å²) in [4.78, 5) is 8.64. The highest BCUT2D eigenvalue weighted by molar-refractivity contribution is 7.14. The van der Waals surface area contributed by atoms with Gasteiger partial charge in [0.2, 0.25) is 0 Å². The summed E-state index contributed by atoms with van der Waals surface area (Å²) < 4.78 is 11.8. The number of thiazole rings is 2. The third-order valence-electron chi connectivity index (χ3n) is 4.63. The molecule has 0 saturated heterocycles. The van der Waals surface area contributed by atoms with Crippen LogP contribution < -0.4 is 20.9 Å². The van der Waals surface area contributed by atoms with E-state index in [-0.39, 0.29) is 0 Å². The Morgan fingerprint density at radius 1 is 0.677 bits per heavy atom. The normalized spacial score (nSPS) is 10.8. The average Bonchev–Trinajstić information content (AvgIpc) is 3.42. The molecule has 0 saturated carbocycles. The summed E-state index contributed by atoms with van der Waals surface area (Å²) >= 11 is 2.88. The quantitative estimate of drug-likeness (QED) is 0.298. The largest absolute Gasteiger partial charge is 0.494 e. The van der Waals surface area contributed by atoms with Gasteiger partial charge in [-0.3, -0.25) is 0 Å². The Balaban J connectivity index is 1.16. The maximum Gasteiger partial charge on any atom is 0.180 e. The van der Waals surface area contributed by atoms with Gasteiger partial charge in [0.15, 0.2) is 10.3 Å². The molecule has 4 rings (SSSR count). The van der Waals surface area contributed by atoms with Crippen LogP contribution in [0.5, 0.6) is 11.5 Å². The van der Waals surface area contributed by atoms with Crippen LogP contribution in [0.2, 0.25) is 0 Å². The van der Waals surface area contributed by atoms with Gasteiger partial charge in [0, 0.05) is 21.9 Å². The first-order chi connectivity index (χ1) is 15.2. The summed E-state index contributed by atoms with van der Waals surface area (Å²) in [6.07, 6.45) is 2.97. The molecule has 0 bridgehead atoms. The molecule has 0 amide bonds. The van der Waals surface area contributed by atoms with Crippen LogP contribution in [0.1, 0.15) is 19.3 Å². The van der Waals surface area contributed by atoms with Gasteiger partial charge >= 0.3 is 0 Å². The van der Waals surface area contributed by atoms with Gasteiger partial charge in [-0.15, -0.1) is 22.7 Å². The molecule has 8 heteroatoms. The maximum atomic E-state index is 5.89. The number of hydrogen-bond donors (Lipinski definition) is 2. The van der Waals surface area contributed by atoms with Gasteiger partial charge < -0.3 is 20.9 Å². The number of hydrogen-bond acceptors (Lipinski definition) is 8. The Hall–Kier alpha value is -3.10. The first kappa shape index (κ1) is 21.1. The SMILES string of the molecule is Nc1nc(-c2cccc(OCCCCCOc3cccc(-c4csc(N)n4)c3)c2)cs1. The summed E-state index contributed by atoms with van der Waals surface area (Å²) in [5.74, 6) is 1.69. The summed E-state index contributed by atoms with van der Waals surface area (Å²) in [6, 6.07) is 15.9. The van der Waals surface area contributed by atoms with Gasteiger partial charge in [-0.1, -0.05) is 24.3 Å². The molecular formula is C23H24N4O2S2. The summed E-state index contributed by atoms with van der Waals surface area (Å²) in [5, 5.41) is 5.05. The van der Waals surface area contributed by atoms with Crippen molar-refractivity contribution in [3.63, 3.8) is 0 Å². The Morgan fingerprint density at radius 3 is 1.58 bits per heavy atom. The van der Waals surface area contributed by atoms with Gasteiger partial charge in [0.05, 0.1) is 24.6 Å². The van der Waals surface area contributed by atoms with Gasteiger partial charge in [0.1, 0.15) is 11.5 Å². The minimum Gasteiger partial charge on any atom is -0.494 e.